The Balaban J connectivity index is 1.67. The zero-order chi connectivity index (χ0) is 25.0. The average Bonchev–Trinajstić information content (AvgIpc) is 3.13. The molecule has 1 heterocycles. The molecule has 0 unspecified atom stereocenters. The molecule has 2 amide bonds. The minimum atomic E-state index is -3.59. The van der Waals surface area contributed by atoms with Gasteiger partial charge in [0.05, 0.1) is 22.5 Å². The lowest BCUT2D eigenvalue weighted by atomic mass is 10.2. The van der Waals surface area contributed by atoms with Gasteiger partial charge < -0.3 is 14.8 Å². The summed E-state index contributed by atoms with van der Waals surface area (Å²) in [6, 6.07) is 10.3. The molecule has 0 radical (unpaired) electrons. The lowest BCUT2D eigenvalue weighted by Crippen LogP contribution is -2.35. The van der Waals surface area contributed by atoms with Crippen LogP contribution in [0.5, 0.6) is 0 Å². The van der Waals surface area contributed by atoms with Crippen molar-refractivity contribution < 1.29 is 22.4 Å². The van der Waals surface area contributed by atoms with Gasteiger partial charge in [0.25, 0.3) is 0 Å². The van der Waals surface area contributed by atoms with Gasteiger partial charge in [0.15, 0.2) is 0 Å². The van der Waals surface area contributed by atoms with E-state index in [1.807, 2.05) is 11.5 Å². The van der Waals surface area contributed by atoms with E-state index < -0.39 is 21.7 Å². The second-order valence-corrected chi connectivity index (χ2v) is 10.2. The highest BCUT2D eigenvalue weighted by molar-refractivity contribution is 7.89. The largest absolute Gasteiger partial charge is 0.336 e. The van der Waals surface area contributed by atoms with Crippen molar-refractivity contribution in [1.29, 1.82) is 0 Å². The van der Waals surface area contributed by atoms with Crippen molar-refractivity contribution in [2.45, 2.75) is 31.2 Å². The van der Waals surface area contributed by atoms with Gasteiger partial charge in [-0.3, -0.25) is 9.59 Å². The Morgan fingerprint density at radius 2 is 1.85 bits per heavy atom. The molecule has 0 fully saturated rings. The van der Waals surface area contributed by atoms with Crippen molar-refractivity contribution in [3.8, 4) is 0 Å². The van der Waals surface area contributed by atoms with Gasteiger partial charge in [-0.05, 0) is 43.3 Å². The van der Waals surface area contributed by atoms with Crippen LogP contribution in [0.15, 0.2) is 47.4 Å². The molecule has 0 spiro atoms. The maximum absolute atomic E-state index is 13.3. The minimum Gasteiger partial charge on any atom is -0.336 e. The summed E-state index contributed by atoms with van der Waals surface area (Å²) >= 11 is 0. The van der Waals surface area contributed by atoms with Gasteiger partial charge in [-0.15, -0.1) is 0 Å². The summed E-state index contributed by atoms with van der Waals surface area (Å²) < 4.78 is 41.2. The number of carbonyl (C=O) groups excluding carboxylic acids is 2. The number of halogens is 1. The molecule has 11 heteroatoms. The molecule has 3 aromatic rings. The van der Waals surface area contributed by atoms with Gasteiger partial charge in [0, 0.05) is 46.2 Å². The van der Waals surface area contributed by atoms with Gasteiger partial charge in [0.2, 0.25) is 21.8 Å². The summed E-state index contributed by atoms with van der Waals surface area (Å²) in [6.45, 7) is 2.37. The molecule has 0 bridgehead atoms. The van der Waals surface area contributed by atoms with Crippen LogP contribution in [0.2, 0.25) is 0 Å². The quantitative estimate of drug-likeness (QED) is 0.497. The number of nitrogens with one attached hydrogen (secondary N) is 1. The summed E-state index contributed by atoms with van der Waals surface area (Å²) in [7, 11) is 0.872. The van der Waals surface area contributed by atoms with Crippen LogP contribution in [0.25, 0.3) is 11.0 Å². The summed E-state index contributed by atoms with van der Waals surface area (Å²) in [4.78, 5) is 30.8. The second kappa shape index (κ2) is 10.3. The van der Waals surface area contributed by atoms with Crippen molar-refractivity contribution in [2.75, 3.05) is 33.0 Å². The number of carbonyl (C=O) groups is 2. The number of anilines is 1. The molecular weight excluding hydrogens is 461 g/mol. The van der Waals surface area contributed by atoms with Crippen LogP contribution >= 0.6 is 0 Å². The number of nitrogens with zero attached hydrogens (tertiary/aromatic N) is 4. The molecular formula is C23H28FN5O4S. The Morgan fingerprint density at radius 1 is 1.12 bits per heavy atom. The normalized spacial score (nSPS) is 11.7. The first-order valence-electron chi connectivity index (χ1n) is 10.7. The molecule has 3 rings (SSSR count). The molecule has 0 saturated carbocycles. The predicted octanol–water partition coefficient (Wildman–Crippen LogP) is 2.48. The third kappa shape index (κ3) is 5.60. The number of amides is 2. The van der Waals surface area contributed by atoms with E-state index in [0.717, 1.165) is 9.82 Å². The van der Waals surface area contributed by atoms with E-state index >= 15 is 0 Å². The van der Waals surface area contributed by atoms with Crippen LogP contribution in [0.3, 0.4) is 0 Å². The standard InChI is InChI=1S/C23H28FN5O4S/c1-5-29-20-10-9-18(34(32,33)27(2)3)14-19(20)26-21(29)11-12-23(31)28(4)15-22(30)25-17-8-6-7-16(24)13-17/h6-10,13-14H,5,11-12,15H2,1-4H3,(H,25,30). The number of sulfonamides is 1. The smallest absolute Gasteiger partial charge is 0.243 e. The molecule has 2 aromatic carbocycles. The van der Waals surface area contributed by atoms with Gasteiger partial charge in [-0.2, -0.15) is 0 Å². The molecule has 0 aliphatic rings. The number of hydrogen-bond donors (Lipinski definition) is 1. The van der Waals surface area contributed by atoms with Crippen molar-refractivity contribution in [3.05, 3.63) is 54.1 Å². The monoisotopic (exact) mass is 489 g/mol. The number of hydrogen-bond acceptors (Lipinski definition) is 5. The number of aryl methyl sites for hydroxylation is 2. The van der Waals surface area contributed by atoms with Gasteiger partial charge in [-0.25, -0.2) is 22.1 Å². The van der Waals surface area contributed by atoms with Crippen molar-refractivity contribution >= 4 is 38.6 Å². The fourth-order valence-electron chi connectivity index (χ4n) is 3.55. The average molecular weight is 490 g/mol. The molecule has 0 atom stereocenters. The van der Waals surface area contributed by atoms with Gasteiger partial charge in [0.1, 0.15) is 11.6 Å². The van der Waals surface area contributed by atoms with Gasteiger partial charge in [-0.1, -0.05) is 6.07 Å². The summed E-state index contributed by atoms with van der Waals surface area (Å²) in [5, 5.41) is 2.56. The molecule has 1 aromatic heterocycles. The lowest BCUT2D eigenvalue weighted by molar-refractivity contribution is -0.133. The topological polar surface area (TPSA) is 105 Å². The summed E-state index contributed by atoms with van der Waals surface area (Å²) in [6.07, 6.45) is 0.447. The first-order valence-corrected chi connectivity index (χ1v) is 12.2. The Hall–Kier alpha value is -3.31. The number of benzene rings is 2. The molecule has 1 N–H and O–H groups in total. The number of rotatable bonds is 9. The molecule has 0 aliphatic carbocycles. The van der Waals surface area contributed by atoms with E-state index in [1.54, 1.807) is 18.2 Å². The minimum absolute atomic E-state index is 0.121. The fourth-order valence-corrected chi connectivity index (χ4v) is 4.48. The highest BCUT2D eigenvalue weighted by Gasteiger charge is 2.20. The summed E-state index contributed by atoms with van der Waals surface area (Å²) in [5.74, 6) is -0.493. The first kappa shape index (κ1) is 25.3. The third-order valence-electron chi connectivity index (χ3n) is 5.37. The number of aromatic nitrogens is 2. The van der Waals surface area contributed by atoms with Crippen molar-refractivity contribution in [2.24, 2.45) is 0 Å². The van der Waals surface area contributed by atoms with Crippen LogP contribution < -0.4 is 5.32 Å². The maximum atomic E-state index is 13.3. The Morgan fingerprint density at radius 3 is 2.50 bits per heavy atom. The van der Waals surface area contributed by atoms with Crippen LogP contribution in [0, 0.1) is 5.82 Å². The molecule has 182 valence electrons. The molecule has 9 nitrogen and oxygen atoms in total. The number of likely N-dealkylation sites (N-methyl/N-ethyl adjacent to an activating group) is 1. The van der Waals surface area contributed by atoms with Crippen molar-refractivity contribution in [1.82, 2.24) is 18.8 Å². The fraction of sp³-hybridized carbons (Fsp3) is 0.348. The second-order valence-electron chi connectivity index (χ2n) is 8.02. The van der Waals surface area contributed by atoms with Gasteiger partial charge >= 0.3 is 0 Å². The molecule has 0 aliphatic heterocycles. The van der Waals surface area contributed by atoms with Crippen LogP contribution in [0.1, 0.15) is 19.2 Å². The summed E-state index contributed by atoms with van der Waals surface area (Å²) in [5.41, 5.74) is 1.64. The zero-order valence-electron chi connectivity index (χ0n) is 19.6. The Kier molecular flexibility index (Phi) is 7.68. The van der Waals surface area contributed by atoms with E-state index in [-0.39, 0.29) is 23.8 Å². The first-order chi connectivity index (χ1) is 16.0. The number of imidazole rings is 1. The predicted molar refractivity (Wildman–Crippen MR) is 127 cm³/mol. The maximum Gasteiger partial charge on any atom is 0.243 e. The number of fused-ring (bicyclic) bond motifs is 1. The van der Waals surface area contributed by atoms with Crippen LogP contribution in [-0.4, -0.2) is 66.7 Å². The molecule has 34 heavy (non-hydrogen) atoms. The zero-order valence-corrected chi connectivity index (χ0v) is 20.4. The third-order valence-corrected chi connectivity index (χ3v) is 7.18. The van der Waals surface area contributed by atoms with E-state index in [9.17, 15) is 22.4 Å². The highest BCUT2D eigenvalue weighted by Crippen LogP contribution is 2.23. The van der Waals surface area contributed by atoms with E-state index in [1.165, 1.54) is 50.3 Å². The Bertz CT molecular complexity index is 1320. The van der Waals surface area contributed by atoms with E-state index in [2.05, 4.69) is 10.3 Å². The van der Waals surface area contributed by atoms with Crippen LogP contribution in [0.4, 0.5) is 10.1 Å². The molecule has 0 saturated heterocycles. The lowest BCUT2D eigenvalue weighted by Gasteiger charge is -2.17. The van der Waals surface area contributed by atoms with Crippen LogP contribution in [-0.2, 0) is 32.6 Å². The van der Waals surface area contributed by atoms with E-state index in [0.29, 0.717) is 30.0 Å². The highest BCUT2D eigenvalue weighted by atomic mass is 32.2. The SMILES string of the molecule is CCn1c(CCC(=O)N(C)CC(=O)Nc2cccc(F)c2)nc2cc(S(=O)(=O)N(C)C)ccc21. The van der Waals surface area contributed by atoms with Crippen molar-refractivity contribution in [3.63, 3.8) is 0 Å². The Labute approximate surface area is 198 Å². The van der Waals surface area contributed by atoms with E-state index in [4.69, 9.17) is 0 Å².